The van der Waals surface area contributed by atoms with Crippen LogP contribution in [0.2, 0.25) is 0 Å². The Bertz CT molecular complexity index is 874. The normalized spacial score (nSPS) is 14.8. The monoisotopic (exact) mass is 572 g/mol. The first kappa shape index (κ1) is 27.4. The lowest BCUT2D eigenvalue weighted by molar-refractivity contribution is 0.270. The van der Waals surface area contributed by atoms with Gasteiger partial charge < -0.3 is 25.0 Å². The van der Waals surface area contributed by atoms with Crippen LogP contribution in [0.15, 0.2) is 27.7 Å². The second kappa shape index (κ2) is 13.7. The van der Waals surface area contributed by atoms with Crippen molar-refractivity contribution < 1.29 is 8.91 Å². The van der Waals surface area contributed by atoms with Gasteiger partial charge in [0.25, 0.3) is 0 Å². The van der Waals surface area contributed by atoms with Crippen molar-refractivity contribution in [3.8, 4) is 0 Å². The molecule has 33 heavy (non-hydrogen) atoms. The number of aromatic nitrogens is 1. The molecule has 1 aliphatic heterocycles. The van der Waals surface area contributed by atoms with Crippen LogP contribution in [0.3, 0.4) is 0 Å². The Balaban J connectivity index is 0.00000385. The second-order valence-electron chi connectivity index (χ2n) is 7.99. The summed E-state index contributed by atoms with van der Waals surface area (Å²) >= 11 is 0. The number of hydrogen-bond donors (Lipinski definition) is 2. The number of rotatable bonds is 9. The number of aliphatic imine (C=N–C) groups is 1. The van der Waals surface area contributed by atoms with Crippen molar-refractivity contribution in [2.45, 2.75) is 53.6 Å². The third-order valence-corrected chi connectivity index (χ3v) is 5.98. The number of piperazine rings is 1. The first-order valence-electron chi connectivity index (χ1n) is 11.8. The standard InChI is InChI=1S/C24H37FN6O.HI/c1-5-21-19(23(6-2)32-29-21)17-28-24(26-7-3)27-16-18-9-10-22(20(25)15-18)31-13-11-30(8-4)12-14-31;/h9-10,15H,5-8,11-14,16-17H2,1-4H3,(H2,26,27,28);1H. The molecule has 1 fully saturated rings. The Hall–Kier alpha value is -1.88. The zero-order chi connectivity index (χ0) is 22.9. The van der Waals surface area contributed by atoms with Gasteiger partial charge in [0.1, 0.15) is 11.6 Å². The molecule has 9 heteroatoms. The van der Waals surface area contributed by atoms with Crippen LogP contribution in [0.5, 0.6) is 0 Å². The summed E-state index contributed by atoms with van der Waals surface area (Å²) in [5.41, 5.74) is 3.61. The zero-order valence-electron chi connectivity index (χ0n) is 20.3. The quantitative estimate of drug-likeness (QED) is 0.270. The summed E-state index contributed by atoms with van der Waals surface area (Å²) in [6.45, 7) is 14.8. The number of nitrogens with one attached hydrogen (secondary N) is 2. The van der Waals surface area contributed by atoms with Crippen molar-refractivity contribution in [3.63, 3.8) is 0 Å². The average molecular weight is 573 g/mol. The van der Waals surface area contributed by atoms with Crippen LogP contribution in [-0.4, -0.2) is 55.3 Å². The van der Waals surface area contributed by atoms with E-state index in [0.717, 1.165) is 74.7 Å². The van der Waals surface area contributed by atoms with Crippen LogP contribution in [0, 0.1) is 5.82 Å². The van der Waals surface area contributed by atoms with Gasteiger partial charge in [-0.25, -0.2) is 9.38 Å². The summed E-state index contributed by atoms with van der Waals surface area (Å²) in [5, 5.41) is 10.8. The van der Waals surface area contributed by atoms with Crippen LogP contribution in [0.25, 0.3) is 0 Å². The van der Waals surface area contributed by atoms with Gasteiger partial charge in [-0.2, -0.15) is 0 Å². The molecule has 184 valence electrons. The Morgan fingerprint density at radius 3 is 2.45 bits per heavy atom. The molecular formula is C24H38FIN6O. The van der Waals surface area contributed by atoms with Crippen LogP contribution in [-0.2, 0) is 25.9 Å². The van der Waals surface area contributed by atoms with Crippen molar-refractivity contribution in [1.82, 2.24) is 20.7 Å². The van der Waals surface area contributed by atoms with Gasteiger partial charge in [0.05, 0.1) is 17.9 Å². The number of guanidine groups is 1. The molecule has 1 aromatic carbocycles. The zero-order valence-corrected chi connectivity index (χ0v) is 22.6. The summed E-state index contributed by atoms with van der Waals surface area (Å²) in [6, 6.07) is 5.47. The molecular weight excluding hydrogens is 534 g/mol. The number of hydrogen-bond acceptors (Lipinski definition) is 5. The number of anilines is 1. The fraction of sp³-hybridized carbons (Fsp3) is 0.583. The average Bonchev–Trinajstić information content (AvgIpc) is 3.23. The number of nitrogens with zero attached hydrogens (tertiary/aromatic N) is 4. The van der Waals surface area contributed by atoms with Crippen molar-refractivity contribution in [2.24, 2.45) is 4.99 Å². The Morgan fingerprint density at radius 1 is 1.09 bits per heavy atom. The molecule has 0 amide bonds. The molecule has 7 nitrogen and oxygen atoms in total. The van der Waals surface area contributed by atoms with E-state index in [1.165, 1.54) is 0 Å². The maximum absolute atomic E-state index is 14.8. The SMILES string of the molecule is CCNC(=NCc1ccc(N2CCN(CC)CC2)c(F)c1)NCc1c(CC)noc1CC.I. The van der Waals surface area contributed by atoms with Crippen molar-refractivity contribution in [1.29, 1.82) is 0 Å². The van der Waals surface area contributed by atoms with Crippen molar-refractivity contribution in [2.75, 3.05) is 44.2 Å². The molecule has 0 unspecified atom stereocenters. The molecule has 1 aliphatic rings. The Morgan fingerprint density at radius 2 is 1.85 bits per heavy atom. The lowest BCUT2D eigenvalue weighted by Gasteiger charge is -2.35. The number of halogens is 2. The molecule has 0 atom stereocenters. The first-order valence-corrected chi connectivity index (χ1v) is 11.8. The van der Waals surface area contributed by atoms with E-state index in [1.807, 2.05) is 19.1 Å². The molecule has 0 aliphatic carbocycles. The van der Waals surface area contributed by atoms with E-state index in [0.29, 0.717) is 24.7 Å². The molecule has 2 aromatic rings. The predicted octanol–water partition coefficient (Wildman–Crippen LogP) is 3.95. The maximum Gasteiger partial charge on any atom is 0.191 e. The molecule has 3 rings (SSSR count). The summed E-state index contributed by atoms with van der Waals surface area (Å²) in [4.78, 5) is 9.18. The highest BCUT2D eigenvalue weighted by Gasteiger charge is 2.18. The van der Waals surface area contributed by atoms with Gasteiger partial charge >= 0.3 is 0 Å². The molecule has 0 bridgehead atoms. The Kier molecular flexibility index (Phi) is 11.4. The van der Waals surface area contributed by atoms with Crippen LogP contribution in [0.1, 0.15) is 50.3 Å². The van der Waals surface area contributed by atoms with Crippen LogP contribution >= 0.6 is 24.0 Å². The largest absolute Gasteiger partial charge is 0.367 e. The van der Waals surface area contributed by atoms with Crippen LogP contribution in [0.4, 0.5) is 10.1 Å². The topological polar surface area (TPSA) is 68.9 Å². The van der Waals surface area contributed by atoms with E-state index in [-0.39, 0.29) is 29.8 Å². The van der Waals surface area contributed by atoms with Gasteiger partial charge in [0, 0.05) is 51.3 Å². The van der Waals surface area contributed by atoms with E-state index < -0.39 is 0 Å². The third kappa shape index (κ3) is 7.30. The summed E-state index contributed by atoms with van der Waals surface area (Å²) in [5.74, 6) is 1.42. The molecule has 1 aromatic heterocycles. The minimum absolute atomic E-state index is 0. The number of likely N-dealkylation sites (N-methyl/N-ethyl adjacent to an activating group) is 1. The molecule has 0 saturated carbocycles. The van der Waals surface area contributed by atoms with Gasteiger partial charge in [-0.15, -0.1) is 24.0 Å². The maximum atomic E-state index is 14.8. The number of aryl methyl sites for hydroxylation is 2. The van der Waals surface area contributed by atoms with E-state index in [9.17, 15) is 4.39 Å². The van der Waals surface area contributed by atoms with Gasteiger partial charge in [-0.3, -0.25) is 0 Å². The molecule has 1 saturated heterocycles. The van der Waals surface area contributed by atoms with E-state index in [2.05, 4.69) is 51.4 Å². The summed E-state index contributed by atoms with van der Waals surface area (Å²) < 4.78 is 20.3. The van der Waals surface area contributed by atoms with Gasteiger partial charge in [-0.1, -0.05) is 32.0 Å². The molecule has 2 heterocycles. The van der Waals surface area contributed by atoms with E-state index >= 15 is 0 Å². The van der Waals surface area contributed by atoms with Gasteiger partial charge in [0.2, 0.25) is 0 Å². The van der Waals surface area contributed by atoms with Crippen LogP contribution < -0.4 is 15.5 Å². The van der Waals surface area contributed by atoms with Gasteiger partial charge in [0.15, 0.2) is 5.96 Å². The lowest BCUT2D eigenvalue weighted by atomic mass is 10.1. The van der Waals surface area contributed by atoms with E-state index in [4.69, 9.17) is 4.52 Å². The highest BCUT2D eigenvalue weighted by Crippen LogP contribution is 2.22. The minimum atomic E-state index is -0.176. The summed E-state index contributed by atoms with van der Waals surface area (Å²) in [6.07, 6.45) is 1.63. The molecule has 0 radical (unpaired) electrons. The fourth-order valence-corrected chi connectivity index (χ4v) is 4.03. The van der Waals surface area contributed by atoms with E-state index in [1.54, 1.807) is 6.07 Å². The third-order valence-electron chi connectivity index (χ3n) is 5.98. The van der Waals surface area contributed by atoms with Gasteiger partial charge in [-0.05, 0) is 37.6 Å². The molecule has 2 N–H and O–H groups in total. The van der Waals surface area contributed by atoms with Crippen molar-refractivity contribution >= 4 is 35.6 Å². The highest BCUT2D eigenvalue weighted by molar-refractivity contribution is 14.0. The predicted molar refractivity (Wildman–Crippen MR) is 143 cm³/mol. The summed E-state index contributed by atoms with van der Waals surface area (Å²) in [7, 11) is 0. The smallest absolute Gasteiger partial charge is 0.191 e. The highest BCUT2D eigenvalue weighted by atomic mass is 127. The lowest BCUT2D eigenvalue weighted by Crippen LogP contribution is -2.46. The Labute approximate surface area is 214 Å². The number of benzene rings is 1. The molecule has 0 spiro atoms. The fourth-order valence-electron chi connectivity index (χ4n) is 4.03. The van der Waals surface area contributed by atoms with Crippen molar-refractivity contribution in [3.05, 3.63) is 46.6 Å². The first-order chi connectivity index (χ1) is 15.6. The second-order valence-corrected chi connectivity index (χ2v) is 7.99. The minimum Gasteiger partial charge on any atom is -0.367 e.